The van der Waals surface area contributed by atoms with Gasteiger partial charge in [0.1, 0.15) is 6.61 Å². The van der Waals surface area contributed by atoms with Crippen molar-refractivity contribution in [3.8, 4) is 0 Å². The first-order chi connectivity index (χ1) is 18.4. The van der Waals surface area contributed by atoms with Gasteiger partial charge in [0.15, 0.2) is 11.5 Å². The number of carbonyl (C=O) groups is 3. The van der Waals surface area contributed by atoms with E-state index in [1.165, 1.54) is 6.08 Å². The Bertz CT molecular complexity index is 1300. The Morgan fingerprint density at radius 2 is 1.76 bits per heavy atom. The van der Waals surface area contributed by atoms with Crippen molar-refractivity contribution in [2.24, 2.45) is 5.73 Å². The number of anilines is 3. The summed E-state index contributed by atoms with van der Waals surface area (Å²) < 4.78 is 5.36. The molecule has 1 aliphatic rings. The minimum atomic E-state index is -0.787. The zero-order valence-electron chi connectivity index (χ0n) is 20.7. The summed E-state index contributed by atoms with van der Waals surface area (Å²) in [4.78, 5) is 40.4. The number of ether oxygens (including phenoxy) is 1. The van der Waals surface area contributed by atoms with Gasteiger partial charge < -0.3 is 26.4 Å². The van der Waals surface area contributed by atoms with Gasteiger partial charge in [-0.25, -0.2) is 4.79 Å². The van der Waals surface area contributed by atoms with E-state index in [1.807, 2.05) is 30.3 Å². The van der Waals surface area contributed by atoms with Gasteiger partial charge in [-0.3, -0.25) is 9.59 Å². The third-order valence-electron chi connectivity index (χ3n) is 6.06. The highest BCUT2D eigenvalue weighted by Gasteiger charge is 2.24. The van der Waals surface area contributed by atoms with E-state index in [9.17, 15) is 14.4 Å². The minimum Gasteiger partial charge on any atom is -0.457 e. The quantitative estimate of drug-likeness (QED) is 0.235. The van der Waals surface area contributed by atoms with Gasteiger partial charge in [0.25, 0.3) is 5.91 Å². The number of nitrogens with one attached hydrogen (secondary N) is 3. The monoisotopic (exact) mass is 515 g/mol. The molecule has 2 amide bonds. The van der Waals surface area contributed by atoms with Gasteiger partial charge in [0, 0.05) is 17.8 Å². The Balaban J connectivity index is 1.41. The second kappa shape index (κ2) is 12.4. The van der Waals surface area contributed by atoms with Gasteiger partial charge in [-0.2, -0.15) is 4.98 Å². The van der Waals surface area contributed by atoms with Gasteiger partial charge in [-0.15, -0.1) is 10.2 Å². The molecule has 0 saturated heterocycles. The summed E-state index contributed by atoms with van der Waals surface area (Å²) in [6.45, 7) is 3.66. The molecule has 2 aromatic carbocycles. The van der Waals surface area contributed by atoms with E-state index in [1.54, 1.807) is 24.3 Å². The maximum Gasteiger partial charge on any atom is 0.338 e. The first-order valence-electron chi connectivity index (χ1n) is 12.2. The summed E-state index contributed by atoms with van der Waals surface area (Å²) in [5.41, 5.74) is 7.18. The fourth-order valence-corrected chi connectivity index (χ4v) is 4.17. The molecule has 0 spiro atoms. The van der Waals surface area contributed by atoms with Crippen LogP contribution in [-0.4, -0.2) is 45.0 Å². The van der Waals surface area contributed by atoms with Crippen molar-refractivity contribution < 1.29 is 19.1 Å². The number of nitrogens with zero attached hydrogens (tertiary/aromatic N) is 3. The van der Waals surface area contributed by atoms with Crippen LogP contribution in [0.25, 0.3) is 0 Å². The highest BCUT2D eigenvalue weighted by Crippen LogP contribution is 2.23. The van der Waals surface area contributed by atoms with Crippen LogP contribution in [0.15, 0.2) is 67.3 Å². The lowest BCUT2D eigenvalue weighted by molar-refractivity contribution is -0.117. The van der Waals surface area contributed by atoms with Crippen LogP contribution < -0.4 is 21.7 Å². The topological polar surface area (TPSA) is 161 Å². The van der Waals surface area contributed by atoms with Crippen molar-refractivity contribution >= 4 is 35.2 Å². The number of nitrogens with two attached hydrogens (primary N) is 1. The van der Waals surface area contributed by atoms with Crippen LogP contribution in [0.5, 0.6) is 0 Å². The van der Waals surface area contributed by atoms with Gasteiger partial charge in [0.05, 0.1) is 5.56 Å². The number of primary amides is 1. The number of carbonyl (C=O) groups excluding carboxylic acids is 3. The molecule has 0 bridgehead atoms. The lowest BCUT2D eigenvalue weighted by atomic mass is 9.91. The Kier molecular flexibility index (Phi) is 8.60. The van der Waals surface area contributed by atoms with Crippen LogP contribution in [0.1, 0.15) is 52.1 Å². The van der Waals surface area contributed by atoms with Crippen LogP contribution in [0, 0.1) is 0 Å². The SMILES string of the molecule is C=CC(=O)NC1CCC[C@@H](Nc2nnc(C(N)=O)c(Nc3ccc(C(=O)OCc4ccccc4)cc3)n2)C1. The molecule has 1 fully saturated rings. The second-order valence-electron chi connectivity index (χ2n) is 8.88. The molecule has 3 aromatic rings. The molecule has 1 saturated carbocycles. The third kappa shape index (κ3) is 7.12. The van der Waals surface area contributed by atoms with Crippen molar-refractivity contribution in [2.75, 3.05) is 10.6 Å². The highest BCUT2D eigenvalue weighted by atomic mass is 16.5. The lowest BCUT2D eigenvalue weighted by Crippen LogP contribution is -2.41. The molecule has 2 atom stereocenters. The van der Waals surface area contributed by atoms with Gasteiger partial charge in [-0.05, 0) is 61.6 Å². The number of rotatable bonds is 10. The van der Waals surface area contributed by atoms with Crippen LogP contribution in [0.3, 0.4) is 0 Å². The molecule has 0 radical (unpaired) electrons. The predicted octanol–water partition coefficient (Wildman–Crippen LogP) is 3.10. The zero-order valence-corrected chi connectivity index (χ0v) is 20.7. The van der Waals surface area contributed by atoms with Crippen molar-refractivity contribution in [2.45, 2.75) is 44.4 Å². The molecule has 1 aliphatic carbocycles. The van der Waals surface area contributed by atoms with E-state index in [-0.39, 0.29) is 42.1 Å². The number of aromatic nitrogens is 3. The average Bonchev–Trinajstić information content (AvgIpc) is 2.93. The fourth-order valence-electron chi connectivity index (χ4n) is 4.17. The molecule has 5 N–H and O–H groups in total. The molecule has 196 valence electrons. The summed E-state index contributed by atoms with van der Waals surface area (Å²) in [5, 5.41) is 17.1. The van der Waals surface area contributed by atoms with E-state index < -0.39 is 11.9 Å². The molecule has 11 heteroatoms. The van der Waals surface area contributed by atoms with E-state index >= 15 is 0 Å². The molecule has 4 rings (SSSR count). The van der Waals surface area contributed by atoms with Crippen LogP contribution in [0.2, 0.25) is 0 Å². The molecule has 38 heavy (non-hydrogen) atoms. The largest absolute Gasteiger partial charge is 0.457 e. The maximum atomic E-state index is 12.4. The fraction of sp³-hybridized carbons (Fsp3) is 0.259. The minimum absolute atomic E-state index is 0.00845. The lowest BCUT2D eigenvalue weighted by Gasteiger charge is -2.30. The van der Waals surface area contributed by atoms with Crippen molar-refractivity contribution in [1.29, 1.82) is 0 Å². The highest BCUT2D eigenvalue weighted by molar-refractivity contribution is 5.96. The number of esters is 1. The smallest absolute Gasteiger partial charge is 0.338 e. The summed E-state index contributed by atoms with van der Waals surface area (Å²) in [7, 11) is 0. The molecule has 0 aliphatic heterocycles. The zero-order chi connectivity index (χ0) is 26.9. The van der Waals surface area contributed by atoms with Crippen LogP contribution in [-0.2, 0) is 16.1 Å². The Labute approximate surface area is 219 Å². The summed E-state index contributed by atoms with van der Waals surface area (Å²) >= 11 is 0. The molecule has 1 heterocycles. The van der Waals surface area contributed by atoms with E-state index in [2.05, 4.69) is 37.7 Å². The van der Waals surface area contributed by atoms with Gasteiger partial charge in [-0.1, -0.05) is 36.9 Å². The van der Waals surface area contributed by atoms with E-state index in [0.29, 0.717) is 17.7 Å². The first kappa shape index (κ1) is 26.3. The summed E-state index contributed by atoms with van der Waals surface area (Å²) in [6.07, 6.45) is 4.60. The predicted molar refractivity (Wildman–Crippen MR) is 142 cm³/mol. The number of amides is 2. The maximum absolute atomic E-state index is 12.4. The molecule has 1 unspecified atom stereocenters. The second-order valence-corrected chi connectivity index (χ2v) is 8.88. The summed E-state index contributed by atoms with van der Waals surface area (Å²) in [5.74, 6) is -1.10. The van der Waals surface area contributed by atoms with Gasteiger partial charge >= 0.3 is 5.97 Å². The van der Waals surface area contributed by atoms with Gasteiger partial charge in [0.2, 0.25) is 11.9 Å². The molecule has 11 nitrogen and oxygen atoms in total. The number of hydrogen-bond acceptors (Lipinski definition) is 9. The normalized spacial score (nSPS) is 16.6. The van der Waals surface area contributed by atoms with Crippen molar-refractivity contribution in [3.63, 3.8) is 0 Å². The molecule has 1 aromatic heterocycles. The van der Waals surface area contributed by atoms with Crippen molar-refractivity contribution in [3.05, 3.63) is 84.1 Å². The Hall–Kier alpha value is -4.80. The van der Waals surface area contributed by atoms with E-state index in [0.717, 1.165) is 24.8 Å². The summed E-state index contributed by atoms with van der Waals surface area (Å²) in [6, 6.07) is 16.0. The molecular weight excluding hydrogens is 486 g/mol. The van der Waals surface area contributed by atoms with Crippen molar-refractivity contribution in [1.82, 2.24) is 20.5 Å². The van der Waals surface area contributed by atoms with Crippen LogP contribution in [0.4, 0.5) is 17.5 Å². The first-order valence-corrected chi connectivity index (χ1v) is 12.2. The number of hydrogen-bond donors (Lipinski definition) is 4. The standard InChI is InChI=1S/C27H29N7O4/c1-2-22(35)29-20-9-6-10-21(15-20)31-27-32-25(23(24(28)36)33-34-27)30-19-13-11-18(12-14-19)26(37)38-16-17-7-4-3-5-8-17/h2-5,7-8,11-14,20-21H,1,6,9-10,15-16H2,(H2,28,36)(H,29,35)(H2,30,31,32,34)/t20?,21-/m1/s1. The average molecular weight is 516 g/mol. The Morgan fingerprint density at radius 3 is 2.47 bits per heavy atom. The molecular formula is C27H29N7O4. The third-order valence-corrected chi connectivity index (χ3v) is 6.06. The van der Waals surface area contributed by atoms with E-state index in [4.69, 9.17) is 10.5 Å². The Morgan fingerprint density at radius 1 is 1.03 bits per heavy atom. The van der Waals surface area contributed by atoms with Crippen LogP contribution >= 0.6 is 0 Å². The number of benzene rings is 2.